The quantitative estimate of drug-likeness (QED) is 0.878. The lowest BCUT2D eigenvalue weighted by Crippen LogP contribution is -2.40. The second-order valence-electron chi connectivity index (χ2n) is 5.89. The van der Waals surface area contributed by atoms with Crippen molar-refractivity contribution >= 4 is 12.0 Å². The molecule has 24 heavy (non-hydrogen) atoms. The van der Waals surface area contributed by atoms with Gasteiger partial charge in [0.2, 0.25) is 0 Å². The highest BCUT2D eigenvalue weighted by Gasteiger charge is 2.42. The number of halogens is 3. The van der Waals surface area contributed by atoms with Crippen molar-refractivity contribution in [2.45, 2.75) is 26.3 Å². The number of likely N-dealkylation sites (tertiary alicyclic amines) is 1. The van der Waals surface area contributed by atoms with Crippen LogP contribution in [-0.4, -0.2) is 41.5 Å². The van der Waals surface area contributed by atoms with E-state index >= 15 is 0 Å². The third kappa shape index (κ3) is 4.53. The number of ether oxygens (including phenoxy) is 1. The second kappa shape index (κ2) is 6.58. The first-order valence-electron chi connectivity index (χ1n) is 7.20. The number of rotatable bonds is 4. The highest BCUT2D eigenvalue weighted by molar-refractivity contribution is 5.79. The van der Waals surface area contributed by atoms with Gasteiger partial charge in [-0.15, -0.1) is 13.2 Å². The van der Waals surface area contributed by atoms with Crippen molar-refractivity contribution in [3.8, 4) is 5.75 Å². The van der Waals surface area contributed by atoms with Crippen LogP contribution in [0.4, 0.5) is 18.0 Å². The molecule has 1 fully saturated rings. The first-order valence-corrected chi connectivity index (χ1v) is 7.20. The zero-order valence-electron chi connectivity index (χ0n) is 12.9. The molecule has 1 aliphatic rings. The van der Waals surface area contributed by atoms with Crippen molar-refractivity contribution in [1.82, 2.24) is 10.2 Å². The largest absolute Gasteiger partial charge is 0.573 e. The Labute approximate surface area is 136 Å². The third-order valence-electron chi connectivity index (χ3n) is 3.88. The summed E-state index contributed by atoms with van der Waals surface area (Å²) in [5.41, 5.74) is -0.355. The summed E-state index contributed by atoms with van der Waals surface area (Å²) in [6.07, 6.45) is -4.37. The molecule has 0 saturated carbocycles. The Hall–Kier alpha value is -2.45. The molecule has 132 valence electrons. The zero-order chi connectivity index (χ0) is 18.0. The number of nitrogens with one attached hydrogen (secondary N) is 1. The minimum Gasteiger partial charge on any atom is -0.481 e. The topological polar surface area (TPSA) is 78.9 Å². The van der Waals surface area contributed by atoms with Crippen LogP contribution in [-0.2, 0) is 11.3 Å². The number of carbonyl (C=O) groups excluding carboxylic acids is 1. The summed E-state index contributed by atoms with van der Waals surface area (Å²) < 4.78 is 39.9. The SMILES string of the molecule is CC1(C(=O)O)CCN(C(=O)NCc2ccc(OC(F)(F)F)cc2)C1. The molecule has 2 amide bonds. The monoisotopic (exact) mass is 346 g/mol. The van der Waals surface area contributed by atoms with Crippen LogP contribution in [0, 0.1) is 5.41 Å². The molecular weight excluding hydrogens is 329 g/mol. The molecule has 6 nitrogen and oxygen atoms in total. The molecule has 1 aliphatic heterocycles. The van der Waals surface area contributed by atoms with E-state index in [1.54, 1.807) is 6.92 Å². The van der Waals surface area contributed by atoms with Crippen molar-refractivity contribution in [3.05, 3.63) is 29.8 Å². The Morgan fingerprint density at radius 3 is 2.46 bits per heavy atom. The summed E-state index contributed by atoms with van der Waals surface area (Å²) in [5, 5.41) is 11.8. The van der Waals surface area contributed by atoms with Gasteiger partial charge in [0.15, 0.2) is 0 Å². The maximum absolute atomic E-state index is 12.1. The van der Waals surface area contributed by atoms with E-state index in [0.29, 0.717) is 18.5 Å². The minimum absolute atomic E-state index is 0.116. The van der Waals surface area contributed by atoms with Crippen LogP contribution in [0.3, 0.4) is 0 Å². The van der Waals surface area contributed by atoms with Crippen molar-refractivity contribution in [1.29, 1.82) is 0 Å². The van der Waals surface area contributed by atoms with Gasteiger partial charge in [-0.1, -0.05) is 12.1 Å². The molecule has 0 spiro atoms. The fourth-order valence-electron chi connectivity index (χ4n) is 2.41. The number of amides is 2. The molecule has 0 aliphatic carbocycles. The number of urea groups is 1. The van der Waals surface area contributed by atoms with Crippen molar-refractivity contribution < 1.29 is 32.6 Å². The van der Waals surface area contributed by atoms with Crippen molar-refractivity contribution in [2.75, 3.05) is 13.1 Å². The average molecular weight is 346 g/mol. The molecule has 0 radical (unpaired) electrons. The van der Waals surface area contributed by atoms with E-state index in [1.807, 2.05) is 0 Å². The van der Waals surface area contributed by atoms with Crippen LogP contribution in [0.1, 0.15) is 18.9 Å². The number of alkyl halides is 3. The number of benzene rings is 1. The summed E-state index contributed by atoms with van der Waals surface area (Å²) in [5.74, 6) is -1.28. The lowest BCUT2D eigenvalue weighted by Gasteiger charge is -2.20. The molecule has 2 N–H and O–H groups in total. The van der Waals surface area contributed by atoms with Gasteiger partial charge in [0.25, 0.3) is 0 Å². The van der Waals surface area contributed by atoms with Gasteiger partial charge < -0.3 is 20.1 Å². The molecule has 0 bridgehead atoms. The van der Waals surface area contributed by atoms with Crippen LogP contribution < -0.4 is 10.1 Å². The summed E-state index contributed by atoms with van der Waals surface area (Å²) in [4.78, 5) is 24.6. The van der Waals surface area contributed by atoms with E-state index in [-0.39, 0.29) is 18.8 Å². The smallest absolute Gasteiger partial charge is 0.481 e. The maximum atomic E-state index is 12.1. The normalized spacial score (nSPS) is 20.8. The summed E-state index contributed by atoms with van der Waals surface area (Å²) in [6, 6.07) is 4.73. The van der Waals surface area contributed by atoms with Gasteiger partial charge in [-0.2, -0.15) is 0 Å². The molecule has 9 heteroatoms. The minimum atomic E-state index is -4.75. The molecule has 1 heterocycles. The van der Waals surface area contributed by atoms with Gasteiger partial charge in [0.05, 0.1) is 5.41 Å². The predicted octanol–water partition coefficient (Wildman–Crippen LogP) is 2.59. The zero-order valence-corrected chi connectivity index (χ0v) is 12.9. The average Bonchev–Trinajstić information content (AvgIpc) is 2.89. The van der Waals surface area contributed by atoms with Gasteiger partial charge in [0.1, 0.15) is 5.75 Å². The second-order valence-corrected chi connectivity index (χ2v) is 5.89. The summed E-state index contributed by atoms with van der Waals surface area (Å²) in [7, 11) is 0. The number of carboxylic acids is 1. The van der Waals surface area contributed by atoms with Crippen LogP contribution in [0.5, 0.6) is 5.75 Å². The van der Waals surface area contributed by atoms with Crippen LogP contribution in [0.15, 0.2) is 24.3 Å². The van der Waals surface area contributed by atoms with Crippen LogP contribution in [0.25, 0.3) is 0 Å². The highest BCUT2D eigenvalue weighted by atomic mass is 19.4. The molecular formula is C15H17F3N2O4. The molecule has 1 aromatic rings. The Morgan fingerprint density at radius 1 is 1.33 bits per heavy atom. The summed E-state index contributed by atoms with van der Waals surface area (Å²) in [6.45, 7) is 2.16. The fraction of sp³-hybridized carbons (Fsp3) is 0.467. The Bertz CT molecular complexity index is 618. The number of hydrogen-bond donors (Lipinski definition) is 2. The first-order chi connectivity index (χ1) is 11.1. The standard InChI is InChI=1S/C15H17F3N2O4/c1-14(12(21)22)6-7-20(9-14)13(23)19-8-10-2-4-11(5-3-10)24-15(16,17)18/h2-5H,6-9H2,1H3,(H,19,23)(H,21,22). The van der Waals surface area contributed by atoms with Crippen molar-refractivity contribution in [3.63, 3.8) is 0 Å². The van der Waals surface area contributed by atoms with Crippen LogP contribution in [0.2, 0.25) is 0 Å². The van der Waals surface area contributed by atoms with Gasteiger partial charge >= 0.3 is 18.4 Å². The third-order valence-corrected chi connectivity index (χ3v) is 3.88. The lowest BCUT2D eigenvalue weighted by molar-refractivity contribution is -0.274. The number of nitrogens with zero attached hydrogens (tertiary/aromatic N) is 1. The molecule has 1 saturated heterocycles. The molecule has 1 atom stereocenters. The first kappa shape index (κ1) is 17.9. The highest BCUT2D eigenvalue weighted by Crippen LogP contribution is 2.30. The molecule has 1 aromatic carbocycles. The molecule has 2 rings (SSSR count). The fourth-order valence-corrected chi connectivity index (χ4v) is 2.41. The Morgan fingerprint density at radius 2 is 1.96 bits per heavy atom. The maximum Gasteiger partial charge on any atom is 0.573 e. The van der Waals surface area contributed by atoms with E-state index in [0.717, 1.165) is 12.1 Å². The Balaban J connectivity index is 1.85. The van der Waals surface area contributed by atoms with Gasteiger partial charge in [0, 0.05) is 19.6 Å². The van der Waals surface area contributed by atoms with Gasteiger partial charge in [-0.25, -0.2) is 4.79 Å². The van der Waals surface area contributed by atoms with E-state index < -0.39 is 23.8 Å². The Kier molecular flexibility index (Phi) is 4.91. The van der Waals surface area contributed by atoms with E-state index in [4.69, 9.17) is 5.11 Å². The molecule has 0 aromatic heterocycles. The van der Waals surface area contributed by atoms with E-state index in [2.05, 4.69) is 10.1 Å². The van der Waals surface area contributed by atoms with Crippen molar-refractivity contribution in [2.24, 2.45) is 5.41 Å². The number of hydrogen-bond acceptors (Lipinski definition) is 3. The lowest BCUT2D eigenvalue weighted by atomic mass is 9.90. The predicted molar refractivity (Wildman–Crippen MR) is 77.3 cm³/mol. The molecule has 1 unspecified atom stereocenters. The number of carboxylic acid groups (broad SMARTS) is 1. The van der Waals surface area contributed by atoms with Gasteiger partial charge in [-0.05, 0) is 31.0 Å². The summed E-state index contributed by atoms with van der Waals surface area (Å²) >= 11 is 0. The number of carbonyl (C=O) groups is 2. The van der Waals surface area contributed by atoms with Crippen LogP contribution >= 0.6 is 0 Å². The number of aliphatic carboxylic acids is 1. The van der Waals surface area contributed by atoms with Gasteiger partial charge in [-0.3, -0.25) is 4.79 Å². The van der Waals surface area contributed by atoms with E-state index in [1.165, 1.54) is 17.0 Å². The van der Waals surface area contributed by atoms with E-state index in [9.17, 15) is 22.8 Å².